The van der Waals surface area contributed by atoms with Crippen LogP contribution < -0.4 is 10.6 Å². The molecule has 0 saturated heterocycles. The van der Waals surface area contributed by atoms with Crippen molar-refractivity contribution < 1.29 is 4.42 Å². The summed E-state index contributed by atoms with van der Waals surface area (Å²) < 4.78 is 5.83. The molecule has 0 spiro atoms. The Bertz CT molecular complexity index is 729. The SMILES string of the molecule is CCNC(=NCc1ccsc1)NCCc1cc2ccccc2o1. The minimum absolute atomic E-state index is 0.698. The van der Waals surface area contributed by atoms with E-state index in [0.29, 0.717) is 6.54 Å². The monoisotopic (exact) mass is 327 g/mol. The highest BCUT2D eigenvalue weighted by Crippen LogP contribution is 2.18. The van der Waals surface area contributed by atoms with E-state index in [4.69, 9.17) is 4.42 Å². The zero-order valence-electron chi connectivity index (χ0n) is 13.2. The van der Waals surface area contributed by atoms with Gasteiger partial charge in [0.05, 0.1) is 6.54 Å². The van der Waals surface area contributed by atoms with E-state index in [1.165, 1.54) is 5.56 Å². The van der Waals surface area contributed by atoms with Gasteiger partial charge in [0.2, 0.25) is 0 Å². The van der Waals surface area contributed by atoms with E-state index >= 15 is 0 Å². The second-order valence-electron chi connectivity index (χ2n) is 5.25. The first kappa shape index (κ1) is 15.6. The molecule has 0 amide bonds. The fourth-order valence-corrected chi connectivity index (χ4v) is 3.02. The maximum atomic E-state index is 5.83. The Morgan fingerprint density at radius 2 is 2.13 bits per heavy atom. The molecule has 0 aliphatic rings. The number of furan rings is 1. The van der Waals surface area contributed by atoms with Gasteiger partial charge in [-0.15, -0.1) is 0 Å². The third-order valence-electron chi connectivity index (χ3n) is 3.48. The van der Waals surface area contributed by atoms with Crippen LogP contribution >= 0.6 is 11.3 Å². The molecule has 5 heteroatoms. The predicted octanol–water partition coefficient (Wildman–Crippen LogP) is 3.79. The number of fused-ring (bicyclic) bond motifs is 1. The Balaban J connectivity index is 1.54. The van der Waals surface area contributed by atoms with Gasteiger partial charge >= 0.3 is 0 Å². The van der Waals surface area contributed by atoms with Gasteiger partial charge in [0.1, 0.15) is 11.3 Å². The Morgan fingerprint density at radius 3 is 2.91 bits per heavy atom. The molecule has 0 aliphatic carbocycles. The Morgan fingerprint density at radius 1 is 1.22 bits per heavy atom. The predicted molar refractivity (Wildman–Crippen MR) is 97.1 cm³/mol. The summed E-state index contributed by atoms with van der Waals surface area (Å²) in [6.45, 7) is 4.40. The van der Waals surface area contributed by atoms with Gasteiger partial charge in [-0.3, -0.25) is 0 Å². The quantitative estimate of drug-likeness (QED) is 0.535. The summed E-state index contributed by atoms with van der Waals surface area (Å²) in [6.07, 6.45) is 0.831. The van der Waals surface area contributed by atoms with Crippen LogP contribution in [-0.2, 0) is 13.0 Å². The number of hydrogen-bond acceptors (Lipinski definition) is 3. The first-order chi connectivity index (χ1) is 11.3. The Hall–Kier alpha value is -2.27. The summed E-state index contributed by atoms with van der Waals surface area (Å²) in [5, 5.41) is 12.0. The van der Waals surface area contributed by atoms with Gasteiger partial charge in [-0.05, 0) is 41.4 Å². The second-order valence-corrected chi connectivity index (χ2v) is 6.03. The molecule has 120 valence electrons. The highest BCUT2D eigenvalue weighted by Gasteiger charge is 2.03. The molecule has 0 bridgehead atoms. The molecule has 23 heavy (non-hydrogen) atoms. The van der Waals surface area contributed by atoms with Crippen molar-refractivity contribution in [1.29, 1.82) is 0 Å². The van der Waals surface area contributed by atoms with Gasteiger partial charge in [0.15, 0.2) is 5.96 Å². The maximum absolute atomic E-state index is 5.83. The number of guanidine groups is 1. The number of nitrogens with zero attached hydrogens (tertiary/aromatic N) is 1. The van der Waals surface area contributed by atoms with Gasteiger partial charge in [0.25, 0.3) is 0 Å². The third-order valence-corrected chi connectivity index (χ3v) is 4.22. The van der Waals surface area contributed by atoms with Crippen LogP contribution in [0.1, 0.15) is 18.2 Å². The molecule has 0 saturated carbocycles. The van der Waals surface area contributed by atoms with Gasteiger partial charge in [-0.1, -0.05) is 18.2 Å². The van der Waals surface area contributed by atoms with Gasteiger partial charge < -0.3 is 15.1 Å². The van der Waals surface area contributed by atoms with Crippen molar-refractivity contribution in [2.75, 3.05) is 13.1 Å². The molecular formula is C18H21N3OS. The maximum Gasteiger partial charge on any atom is 0.191 e. The molecule has 0 fully saturated rings. The number of benzene rings is 1. The summed E-state index contributed by atoms with van der Waals surface area (Å²) in [4.78, 5) is 4.60. The van der Waals surface area contributed by atoms with Crippen molar-refractivity contribution in [2.24, 2.45) is 4.99 Å². The van der Waals surface area contributed by atoms with Crippen molar-refractivity contribution in [3.05, 3.63) is 58.5 Å². The molecule has 4 nitrogen and oxygen atoms in total. The van der Waals surface area contributed by atoms with Crippen LogP contribution in [0.4, 0.5) is 0 Å². The Labute approximate surface area is 140 Å². The number of hydrogen-bond donors (Lipinski definition) is 2. The number of nitrogens with one attached hydrogen (secondary N) is 2. The summed E-state index contributed by atoms with van der Waals surface area (Å²) in [5.41, 5.74) is 2.19. The van der Waals surface area contributed by atoms with Crippen molar-refractivity contribution in [1.82, 2.24) is 10.6 Å². The normalized spacial score (nSPS) is 11.8. The highest BCUT2D eigenvalue weighted by molar-refractivity contribution is 7.07. The second kappa shape index (κ2) is 7.83. The molecule has 2 aromatic heterocycles. The lowest BCUT2D eigenvalue weighted by Crippen LogP contribution is -2.38. The third kappa shape index (κ3) is 4.36. The average molecular weight is 327 g/mol. The van der Waals surface area contributed by atoms with Crippen molar-refractivity contribution >= 4 is 28.3 Å². The van der Waals surface area contributed by atoms with E-state index in [1.807, 2.05) is 18.2 Å². The van der Waals surface area contributed by atoms with Crippen LogP contribution in [0.2, 0.25) is 0 Å². The summed E-state index contributed by atoms with van der Waals surface area (Å²) in [7, 11) is 0. The smallest absolute Gasteiger partial charge is 0.191 e. The zero-order valence-corrected chi connectivity index (χ0v) is 14.0. The molecular weight excluding hydrogens is 306 g/mol. The number of aliphatic imine (C=N–C) groups is 1. The lowest BCUT2D eigenvalue weighted by atomic mass is 10.2. The molecule has 0 radical (unpaired) electrons. The molecule has 0 unspecified atom stereocenters. The summed E-state index contributed by atoms with van der Waals surface area (Å²) >= 11 is 1.70. The molecule has 2 heterocycles. The first-order valence-electron chi connectivity index (χ1n) is 7.86. The molecule has 1 aromatic carbocycles. The summed E-state index contributed by atoms with van der Waals surface area (Å²) in [6, 6.07) is 12.3. The van der Waals surface area contributed by atoms with E-state index in [0.717, 1.165) is 42.2 Å². The van der Waals surface area contributed by atoms with Gasteiger partial charge in [-0.25, -0.2) is 4.99 Å². The average Bonchev–Trinajstić information content (AvgIpc) is 3.21. The van der Waals surface area contributed by atoms with Crippen LogP contribution in [0.15, 0.2) is 56.6 Å². The Kier molecular flexibility index (Phi) is 5.32. The topological polar surface area (TPSA) is 49.6 Å². The highest BCUT2D eigenvalue weighted by atomic mass is 32.1. The van der Waals surface area contributed by atoms with Crippen LogP contribution in [0, 0.1) is 0 Å². The van der Waals surface area contributed by atoms with Crippen LogP contribution in [0.3, 0.4) is 0 Å². The van der Waals surface area contributed by atoms with E-state index in [2.05, 4.69) is 51.5 Å². The first-order valence-corrected chi connectivity index (χ1v) is 8.80. The van der Waals surface area contributed by atoms with Crippen LogP contribution in [0.5, 0.6) is 0 Å². The van der Waals surface area contributed by atoms with Gasteiger partial charge in [-0.2, -0.15) is 11.3 Å². The van der Waals surface area contributed by atoms with Crippen LogP contribution in [-0.4, -0.2) is 19.0 Å². The standard InChI is InChI=1S/C18H21N3OS/c1-2-19-18(21-12-14-8-10-23-13-14)20-9-7-16-11-15-5-3-4-6-17(15)22-16/h3-6,8,10-11,13H,2,7,9,12H2,1H3,(H2,19,20,21). The summed E-state index contributed by atoms with van der Waals surface area (Å²) in [5.74, 6) is 1.84. The van der Waals surface area contributed by atoms with Crippen molar-refractivity contribution in [2.45, 2.75) is 19.9 Å². The fourth-order valence-electron chi connectivity index (χ4n) is 2.36. The lowest BCUT2D eigenvalue weighted by Gasteiger charge is -2.10. The van der Waals surface area contributed by atoms with Crippen molar-refractivity contribution in [3.8, 4) is 0 Å². The fraction of sp³-hybridized carbons (Fsp3) is 0.278. The molecule has 0 aliphatic heterocycles. The number of rotatable bonds is 6. The molecule has 2 N–H and O–H groups in total. The number of thiophene rings is 1. The van der Waals surface area contributed by atoms with E-state index in [9.17, 15) is 0 Å². The minimum atomic E-state index is 0.698. The minimum Gasteiger partial charge on any atom is -0.461 e. The largest absolute Gasteiger partial charge is 0.461 e. The van der Waals surface area contributed by atoms with E-state index in [-0.39, 0.29) is 0 Å². The van der Waals surface area contributed by atoms with Gasteiger partial charge in [0, 0.05) is 24.9 Å². The van der Waals surface area contributed by atoms with Crippen LogP contribution in [0.25, 0.3) is 11.0 Å². The zero-order chi connectivity index (χ0) is 15.9. The lowest BCUT2D eigenvalue weighted by molar-refractivity contribution is 0.544. The molecule has 3 rings (SSSR count). The molecule has 0 atom stereocenters. The van der Waals surface area contributed by atoms with Crippen molar-refractivity contribution in [3.63, 3.8) is 0 Å². The van der Waals surface area contributed by atoms with E-state index < -0.39 is 0 Å². The molecule has 3 aromatic rings. The van der Waals surface area contributed by atoms with E-state index in [1.54, 1.807) is 11.3 Å². The number of para-hydroxylation sites is 1.